The van der Waals surface area contributed by atoms with Crippen molar-refractivity contribution in [2.75, 3.05) is 19.1 Å². The number of ether oxygens (including phenoxy) is 2. The van der Waals surface area contributed by atoms with Crippen molar-refractivity contribution in [2.45, 2.75) is 13.3 Å². The lowest BCUT2D eigenvalue weighted by molar-refractivity contribution is 0.309. The molecule has 1 heterocycles. The summed E-state index contributed by atoms with van der Waals surface area (Å²) < 4.78 is 12.3. The third kappa shape index (κ3) is 4.03. The molecule has 134 valence electrons. The molecule has 1 aromatic heterocycles. The monoisotopic (exact) mass is 367 g/mol. The van der Waals surface area contributed by atoms with Gasteiger partial charge in [-0.15, -0.1) is 6.58 Å². The SMILES string of the molecule is C=CCc1cc(/C=N\Nc2nc3ccccc3s2)cc(OCC)c1OC. The van der Waals surface area contributed by atoms with Crippen LogP contribution in [0.15, 0.2) is 54.2 Å². The first-order valence-electron chi connectivity index (χ1n) is 8.34. The first-order valence-corrected chi connectivity index (χ1v) is 9.16. The Morgan fingerprint density at radius 3 is 2.88 bits per heavy atom. The van der Waals surface area contributed by atoms with Crippen molar-refractivity contribution in [3.8, 4) is 11.5 Å². The summed E-state index contributed by atoms with van der Waals surface area (Å²) in [6, 6.07) is 11.9. The van der Waals surface area contributed by atoms with Gasteiger partial charge in [0.05, 0.1) is 30.1 Å². The quantitative estimate of drug-likeness (QED) is 0.350. The van der Waals surface area contributed by atoms with Crippen LogP contribution in [-0.2, 0) is 6.42 Å². The summed E-state index contributed by atoms with van der Waals surface area (Å²) in [6.45, 7) is 6.32. The lowest BCUT2D eigenvalue weighted by Gasteiger charge is -2.14. The standard InChI is InChI=1S/C20H21N3O2S/c1-4-8-15-11-14(12-17(25-5-2)19(15)24-3)13-21-23-20-22-16-9-6-7-10-18(16)26-20/h4,6-7,9-13H,1,5,8H2,2-3H3,(H,22,23)/b21-13-. The van der Waals surface area contributed by atoms with E-state index in [1.165, 1.54) is 0 Å². The number of fused-ring (bicyclic) bond motifs is 1. The second-order valence-corrected chi connectivity index (χ2v) is 6.52. The molecule has 0 aliphatic heterocycles. The Hall–Kier alpha value is -2.86. The van der Waals surface area contributed by atoms with Gasteiger partial charge < -0.3 is 9.47 Å². The molecule has 0 radical (unpaired) electrons. The summed E-state index contributed by atoms with van der Waals surface area (Å²) in [4.78, 5) is 4.50. The summed E-state index contributed by atoms with van der Waals surface area (Å²) in [5.41, 5.74) is 5.89. The van der Waals surface area contributed by atoms with Gasteiger partial charge >= 0.3 is 0 Å². The van der Waals surface area contributed by atoms with Crippen LogP contribution in [0.3, 0.4) is 0 Å². The van der Waals surface area contributed by atoms with Crippen molar-refractivity contribution < 1.29 is 9.47 Å². The first-order chi connectivity index (χ1) is 12.7. The Balaban J connectivity index is 1.83. The molecule has 0 aliphatic carbocycles. The molecule has 0 spiro atoms. The number of methoxy groups -OCH3 is 1. The number of rotatable bonds is 8. The van der Waals surface area contributed by atoms with E-state index in [9.17, 15) is 0 Å². The number of hydrogen-bond acceptors (Lipinski definition) is 6. The maximum Gasteiger partial charge on any atom is 0.204 e. The summed E-state index contributed by atoms with van der Waals surface area (Å²) in [5, 5.41) is 5.07. The highest BCUT2D eigenvalue weighted by Gasteiger charge is 2.11. The van der Waals surface area contributed by atoms with Gasteiger partial charge in [-0.3, -0.25) is 5.43 Å². The van der Waals surface area contributed by atoms with E-state index in [0.717, 1.165) is 32.2 Å². The van der Waals surface area contributed by atoms with Crippen molar-refractivity contribution in [2.24, 2.45) is 5.10 Å². The second kappa shape index (κ2) is 8.49. The topological polar surface area (TPSA) is 55.7 Å². The third-order valence-corrected chi connectivity index (χ3v) is 4.63. The normalized spacial score (nSPS) is 11.0. The van der Waals surface area contributed by atoms with Gasteiger partial charge in [-0.05, 0) is 43.2 Å². The summed E-state index contributed by atoms with van der Waals surface area (Å²) >= 11 is 1.57. The van der Waals surface area contributed by atoms with Gasteiger partial charge in [-0.2, -0.15) is 5.10 Å². The molecule has 0 atom stereocenters. The van der Waals surface area contributed by atoms with E-state index in [-0.39, 0.29) is 0 Å². The number of anilines is 1. The molecule has 0 unspecified atom stereocenters. The van der Waals surface area contributed by atoms with E-state index < -0.39 is 0 Å². The van der Waals surface area contributed by atoms with Crippen LogP contribution in [0.5, 0.6) is 11.5 Å². The molecule has 0 saturated heterocycles. The lowest BCUT2D eigenvalue weighted by Crippen LogP contribution is -2.01. The van der Waals surface area contributed by atoms with Crippen LogP contribution in [0, 0.1) is 0 Å². The Kier molecular flexibility index (Phi) is 5.86. The van der Waals surface area contributed by atoms with Gasteiger partial charge in [0.2, 0.25) is 5.13 Å². The fraction of sp³-hybridized carbons (Fsp3) is 0.200. The predicted molar refractivity (Wildman–Crippen MR) is 109 cm³/mol. The van der Waals surface area contributed by atoms with E-state index in [1.807, 2.05) is 49.4 Å². The molecule has 1 N–H and O–H groups in total. The molecule has 6 heteroatoms. The molecular weight excluding hydrogens is 346 g/mol. The zero-order chi connectivity index (χ0) is 18.4. The average Bonchev–Trinajstić information content (AvgIpc) is 3.05. The maximum atomic E-state index is 5.71. The number of hydrazone groups is 1. The summed E-state index contributed by atoms with van der Waals surface area (Å²) in [6.07, 6.45) is 4.28. The zero-order valence-corrected chi connectivity index (χ0v) is 15.7. The number of hydrogen-bond donors (Lipinski definition) is 1. The van der Waals surface area contributed by atoms with Crippen LogP contribution < -0.4 is 14.9 Å². The molecule has 26 heavy (non-hydrogen) atoms. The van der Waals surface area contributed by atoms with Crippen LogP contribution in [0.2, 0.25) is 0 Å². The number of aromatic nitrogens is 1. The number of nitrogens with zero attached hydrogens (tertiary/aromatic N) is 2. The van der Waals surface area contributed by atoms with Crippen molar-refractivity contribution in [3.63, 3.8) is 0 Å². The average molecular weight is 367 g/mol. The minimum absolute atomic E-state index is 0.564. The minimum atomic E-state index is 0.564. The highest BCUT2D eigenvalue weighted by Crippen LogP contribution is 2.33. The van der Waals surface area contributed by atoms with E-state index in [0.29, 0.717) is 18.8 Å². The molecule has 0 amide bonds. The molecular formula is C20H21N3O2S. The number of thiazole rings is 1. The van der Waals surface area contributed by atoms with E-state index in [2.05, 4.69) is 22.1 Å². The summed E-state index contributed by atoms with van der Waals surface area (Å²) in [5.74, 6) is 1.44. The second-order valence-electron chi connectivity index (χ2n) is 5.49. The largest absolute Gasteiger partial charge is 0.493 e. The number of nitrogens with one attached hydrogen (secondary N) is 1. The van der Waals surface area contributed by atoms with E-state index >= 15 is 0 Å². The summed E-state index contributed by atoms with van der Waals surface area (Å²) in [7, 11) is 1.65. The van der Waals surface area contributed by atoms with Crippen LogP contribution >= 0.6 is 11.3 Å². The molecule has 0 fully saturated rings. The third-order valence-electron chi connectivity index (χ3n) is 3.69. The molecule has 5 nitrogen and oxygen atoms in total. The van der Waals surface area contributed by atoms with Crippen molar-refractivity contribution in [1.29, 1.82) is 0 Å². The molecule has 3 aromatic rings. The van der Waals surface area contributed by atoms with Crippen LogP contribution in [0.25, 0.3) is 10.2 Å². The Labute approximate surface area is 157 Å². The fourth-order valence-electron chi connectivity index (χ4n) is 2.64. The van der Waals surface area contributed by atoms with Crippen LogP contribution in [0.4, 0.5) is 5.13 Å². The van der Waals surface area contributed by atoms with Gasteiger partial charge in [0.25, 0.3) is 0 Å². The minimum Gasteiger partial charge on any atom is -0.493 e. The van der Waals surface area contributed by atoms with Crippen LogP contribution in [0.1, 0.15) is 18.1 Å². The molecule has 0 saturated carbocycles. The van der Waals surface area contributed by atoms with E-state index in [1.54, 1.807) is 24.7 Å². The number of para-hydroxylation sites is 1. The van der Waals surface area contributed by atoms with Gasteiger partial charge in [-0.1, -0.05) is 29.5 Å². The molecule has 0 aliphatic rings. The number of allylic oxidation sites excluding steroid dienone is 1. The first kappa shape index (κ1) is 17.9. The zero-order valence-electron chi connectivity index (χ0n) is 14.9. The van der Waals surface area contributed by atoms with Crippen molar-refractivity contribution in [3.05, 3.63) is 60.2 Å². The van der Waals surface area contributed by atoms with Crippen molar-refractivity contribution in [1.82, 2.24) is 4.98 Å². The fourth-order valence-corrected chi connectivity index (χ4v) is 3.46. The highest BCUT2D eigenvalue weighted by atomic mass is 32.1. The molecule has 3 rings (SSSR count). The molecule has 0 bridgehead atoms. The Morgan fingerprint density at radius 1 is 1.31 bits per heavy atom. The van der Waals surface area contributed by atoms with Gasteiger partial charge in [0.15, 0.2) is 11.5 Å². The molecule has 2 aromatic carbocycles. The van der Waals surface area contributed by atoms with E-state index in [4.69, 9.17) is 9.47 Å². The predicted octanol–water partition coefficient (Wildman–Crippen LogP) is 4.88. The maximum absolute atomic E-state index is 5.71. The van der Waals surface area contributed by atoms with Gasteiger partial charge in [0.1, 0.15) is 0 Å². The Morgan fingerprint density at radius 2 is 2.15 bits per heavy atom. The smallest absolute Gasteiger partial charge is 0.204 e. The van der Waals surface area contributed by atoms with Crippen LogP contribution in [-0.4, -0.2) is 24.9 Å². The van der Waals surface area contributed by atoms with Crippen molar-refractivity contribution >= 4 is 32.9 Å². The van der Waals surface area contributed by atoms with Gasteiger partial charge in [-0.25, -0.2) is 4.98 Å². The lowest BCUT2D eigenvalue weighted by atomic mass is 10.1. The highest BCUT2D eigenvalue weighted by molar-refractivity contribution is 7.22. The Bertz CT molecular complexity index is 901. The van der Waals surface area contributed by atoms with Gasteiger partial charge in [0, 0.05) is 5.56 Å². The number of benzene rings is 2.